The topological polar surface area (TPSA) is 29.6 Å². The lowest BCUT2D eigenvalue weighted by molar-refractivity contribution is 0.790. The van der Waals surface area contributed by atoms with Crippen LogP contribution in [0.15, 0.2) is 210 Å². The number of fused-ring (bicyclic) bond motifs is 8. The molecule has 1 atom stereocenters. The molecule has 3 nitrogen and oxygen atoms in total. The first-order chi connectivity index (χ1) is 30.6. The normalized spacial score (nSPS) is 17.2. The number of hydrogen-bond donors (Lipinski definition) is 0. The Morgan fingerprint density at radius 2 is 1.16 bits per heavy atom. The second-order valence-corrected chi connectivity index (χ2v) is 17.6. The first kappa shape index (κ1) is 36.5. The van der Waals surface area contributed by atoms with Gasteiger partial charge < -0.3 is 4.57 Å². The summed E-state index contributed by atoms with van der Waals surface area (Å²) < 4.78 is 5.05. The third-order valence-electron chi connectivity index (χ3n) is 12.7. The molecule has 294 valence electrons. The second-order valence-electron chi connectivity index (χ2n) is 16.6. The van der Waals surface area contributed by atoms with Crippen LogP contribution in [0.5, 0.6) is 0 Å². The molecule has 0 N–H and O–H groups in total. The summed E-state index contributed by atoms with van der Waals surface area (Å²) in [6, 6.07) is 70.5. The first-order valence-corrected chi connectivity index (χ1v) is 22.3. The fourth-order valence-corrected chi connectivity index (χ4v) is 10.8. The minimum Gasteiger partial charge on any atom is -0.336 e. The number of amidine groups is 1. The van der Waals surface area contributed by atoms with Gasteiger partial charge in [-0.2, -0.15) is 0 Å². The molecular formula is C58H41N3S. The average Bonchev–Trinajstić information content (AvgIpc) is 3.86. The number of aromatic nitrogens is 1. The Morgan fingerprint density at radius 1 is 0.516 bits per heavy atom. The molecule has 0 fully saturated rings. The molecule has 3 heterocycles. The molecule has 1 aliphatic rings. The van der Waals surface area contributed by atoms with E-state index >= 15 is 0 Å². The van der Waals surface area contributed by atoms with Crippen molar-refractivity contribution in [1.82, 2.24) is 4.57 Å². The van der Waals surface area contributed by atoms with Crippen LogP contribution in [0.4, 0.5) is 0 Å². The highest BCUT2D eigenvalue weighted by Gasteiger charge is 2.23. The van der Waals surface area contributed by atoms with E-state index in [1.54, 1.807) is 0 Å². The van der Waals surface area contributed by atoms with Crippen LogP contribution < -0.4 is 0 Å². The summed E-state index contributed by atoms with van der Waals surface area (Å²) in [6.07, 6.45) is 3.15. The number of thiophene rings is 1. The molecule has 62 heavy (non-hydrogen) atoms. The summed E-state index contributed by atoms with van der Waals surface area (Å²) in [5.41, 5.74) is 11.4. The van der Waals surface area contributed by atoms with E-state index in [1.165, 1.54) is 80.2 Å². The molecule has 12 rings (SSSR count). The Morgan fingerprint density at radius 3 is 1.98 bits per heavy atom. The quantitative estimate of drug-likeness (QED) is 0.160. The highest BCUT2D eigenvalue weighted by Crippen LogP contribution is 2.41. The van der Waals surface area contributed by atoms with Crippen molar-refractivity contribution in [3.8, 4) is 11.1 Å². The molecule has 0 amide bonds. The maximum atomic E-state index is 5.68. The molecule has 0 saturated carbocycles. The number of aliphatic imine (C=N–C) groups is 2. The lowest BCUT2D eigenvalue weighted by Gasteiger charge is -2.19. The van der Waals surface area contributed by atoms with E-state index in [4.69, 9.17) is 9.98 Å². The van der Waals surface area contributed by atoms with Crippen molar-refractivity contribution in [2.75, 3.05) is 0 Å². The van der Waals surface area contributed by atoms with E-state index in [9.17, 15) is 0 Å². The van der Waals surface area contributed by atoms with E-state index in [0.29, 0.717) is 0 Å². The van der Waals surface area contributed by atoms with Gasteiger partial charge in [0.1, 0.15) is 0 Å². The summed E-state index contributed by atoms with van der Waals surface area (Å²) in [4.78, 5) is 11.3. The minimum absolute atomic E-state index is 0.152. The Kier molecular flexibility index (Phi) is 8.79. The Balaban J connectivity index is 1.06. The number of hydrogen-bond acceptors (Lipinski definition) is 3. The van der Waals surface area contributed by atoms with Crippen LogP contribution in [-0.4, -0.2) is 16.1 Å². The number of benzene rings is 9. The van der Waals surface area contributed by atoms with Crippen molar-refractivity contribution < 1.29 is 0 Å². The van der Waals surface area contributed by atoms with Crippen LogP contribution in [-0.2, 0) is 6.54 Å². The standard InChI is InChI=1S/C58H41N3S/c1-37-23-32-51(45-29-26-39-15-5-6-16-42(39)33-45)59-58(60-56(37)41-27-24-40(25-28-41)38-13-3-2-4-14-38)49-31-30-46(57-55(49)48-20-10-12-22-54(48)62-57)36-61-52-21-11-9-19-47(52)50-34-43-17-7-8-18-44(43)35-53(50)61/h2-22,24-35,37H,23,36H2,1H3/b51-32+,59-58-,60-56+. The van der Waals surface area contributed by atoms with Crippen molar-refractivity contribution in [2.45, 2.75) is 19.9 Å². The zero-order valence-electron chi connectivity index (χ0n) is 34.3. The SMILES string of the molecule is CC1C/C=C(c2ccc3ccccc3c2)/N=C(c2ccc(Cn3c4ccccc4c4cc5ccccc5cc43)c3sc4ccccc4c23)\N=C/1c1ccc(-c2ccccc2)cc1. The van der Waals surface area contributed by atoms with Crippen LogP contribution >= 0.6 is 11.3 Å². The van der Waals surface area contributed by atoms with Gasteiger partial charge in [0.25, 0.3) is 0 Å². The molecule has 1 unspecified atom stereocenters. The van der Waals surface area contributed by atoms with Gasteiger partial charge in [-0.25, -0.2) is 9.98 Å². The molecule has 0 spiro atoms. The van der Waals surface area contributed by atoms with E-state index in [0.717, 1.165) is 46.9 Å². The van der Waals surface area contributed by atoms with E-state index in [-0.39, 0.29) is 5.92 Å². The minimum atomic E-state index is 0.152. The molecule has 0 aliphatic carbocycles. The summed E-state index contributed by atoms with van der Waals surface area (Å²) in [6.45, 7) is 3.04. The number of rotatable bonds is 6. The molecular weight excluding hydrogens is 771 g/mol. The molecule has 9 aromatic carbocycles. The third kappa shape index (κ3) is 6.26. The molecule has 0 saturated heterocycles. The molecule has 11 aromatic rings. The average molecular weight is 812 g/mol. The van der Waals surface area contributed by atoms with Crippen LogP contribution in [0, 0.1) is 5.92 Å². The third-order valence-corrected chi connectivity index (χ3v) is 14.0. The van der Waals surface area contributed by atoms with Crippen molar-refractivity contribution in [2.24, 2.45) is 15.9 Å². The van der Waals surface area contributed by atoms with Crippen molar-refractivity contribution in [3.63, 3.8) is 0 Å². The Hall–Kier alpha value is -7.40. The Labute approximate surface area is 364 Å². The summed E-state index contributed by atoms with van der Waals surface area (Å²) in [5, 5.41) is 9.94. The maximum Gasteiger partial charge on any atom is 0.160 e. The summed E-state index contributed by atoms with van der Waals surface area (Å²) in [5.74, 6) is 0.889. The zero-order chi connectivity index (χ0) is 41.1. The predicted molar refractivity (Wildman–Crippen MR) is 266 cm³/mol. The highest BCUT2D eigenvalue weighted by molar-refractivity contribution is 7.26. The van der Waals surface area contributed by atoms with Gasteiger partial charge in [-0.3, -0.25) is 0 Å². The maximum absolute atomic E-state index is 5.68. The van der Waals surface area contributed by atoms with Crippen molar-refractivity contribution in [1.29, 1.82) is 0 Å². The molecule has 1 aliphatic heterocycles. The number of nitrogens with zero attached hydrogens (tertiary/aromatic N) is 3. The zero-order valence-corrected chi connectivity index (χ0v) is 35.1. The van der Waals surface area contributed by atoms with Crippen LogP contribution in [0.1, 0.15) is 35.6 Å². The van der Waals surface area contributed by atoms with Gasteiger partial charge >= 0.3 is 0 Å². The smallest absolute Gasteiger partial charge is 0.160 e. The van der Waals surface area contributed by atoms with Crippen LogP contribution in [0.25, 0.3) is 80.3 Å². The van der Waals surface area contributed by atoms with Gasteiger partial charge in [0.05, 0.1) is 16.9 Å². The molecule has 0 bridgehead atoms. The monoisotopic (exact) mass is 811 g/mol. The van der Waals surface area contributed by atoms with Crippen LogP contribution in [0.2, 0.25) is 0 Å². The lowest BCUT2D eigenvalue weighted by atomic mass is 9.92. The van der Waals surface area contributed by atoms with Gasteiger partial charge in [-0.05, 0) is 80.6 Å². The largest absolute Gasteiger partial charge is 0.336 e. The van der Waals surface area contributed by atoms with E-state index in [1.807, 2.05) is 11.3 Å². The first-order valence-electron chi connectivity index (χ1n) is 21.5. The molecule has 0 radical (unpaired) electrons. The van der Waals surface area contributed by atoms with Gasteiger partial charge in [0, 0.05) is 60.1 Å². The van der Waals surface area contributed by atoms with Gasteiger partial charge in [-0.1, -0.05) is 177 Å². The fraction of sp³-hybridized carbons (Fsp3) is 0.0690. The van der Waals surface area contributed by atoms with Crippen molar-refractivity contribution in [3.05, 3.63) is 222 Å². The lowest BCUT2D eigenvalue weighted by Crippen LogP contribution is -2.17. The highest BCUT2D eigenvalue weighted by atomic mass is 32.1. The molecule has 2 aromatic heterocycles. The molecule has 4 heteroatoms. The fourth-order valence-electron chi connectivity index (χ4n) is 9.54. The van der Waals surface area contributed by atoms with Crippen molar-refractivity contribution >= 4 is 92.1 Å². The summed E-state index contributed by atoms with van der Waals surface area (Å²) >= 11 is 1.88. The van der Waals surface area contributed by atoms with Gasteiger partial charge in [0.15, 0.2) is 5.84 Å². The van der Waals surface area contributed by atoms with E-state index in [2.05, 4.69) is 212 Å². The Bertz CT molecular complexity index is 3640. The van der Waals surface area contributed by atoms with Gasteiger partial charge in [0.2, 0.25) is 0 Å². The van der Waals surface area contributed by atoms with Crippen LogP contribution in [0.3, 0.4) is 0 Å². The number of para-hydroxylation sites is 1. The number of allylic oxidation sites excluding steroid dienone is 1. The predicted octanol–water partition coefficient (Wildman–Crippen LogP) is 15.5. The van der Waals surface area contributed by atoms with Gasteiger partial charge in [-0.15, -0.1) is 11.3 Å². The van der Waals surface area contributed by atoms with E-state index < -0.39 is 0 Å². The summed E-state index contributed by atoms with van der Waals surface area (Å²) in [7, 11) is 0. The second kappa shape index (κ2) is 14.9.